The summed E-state index contributed by atoms with van der Waals surface area (Å²) in [4.78, 5) is 32.8. The number of piperazine rings is 2. The molecule has 0 N–H and O–H groups in total. The molecule has 3 saturated heterocycles. The molecule has 9 aromatic rings. The summed E-state index contributed by atoms with van der Waals surface area (Å²) in [5.41, 5.74) is 12.6. The number of hydrogen-bond acceptors (Lipinski definition) is 14. The molecule has 0 atom stereocenters. The first-order valence-corrected chi connectivity index (χ1v) is 26.3. The van der Waals surface area contributed by atoms with E-state index < -0.39 is 0 Å². The Labute approximate surface area is 434 Å². The number of rotatable bonds is 13. The lowest BCUT2D eigenvalue weighted by Crippen LogP contribution is -2.47. The quantitative estimate of drug-likeness (QED) is 0.114. The fourth-order valence-corrected chi connectivity index (χ4v) is 9.98. The van der Waals surface area contributed by atoms with E-state index in [2.05, 4.69) is 141 Å². The maximum absolute atomic E-state index is 4.69. The number of likely N-dealkylation sites (N-methyl/N-ethyl adjacent to an activating group) is 1. The van der Waals surface area contributed by atoms with Crippen LogP contribution >= 0.6 is 0 Å². The van der Waals surface area contributed by atoms with Crippen LogP contribution in [-0.4, -0.2) is 155 Å². The van der Waals surface area contributed by atoms with Gasteiger partial charge < -0.3 is 24.5 Å². The second kappa shape index (κ2) is 23.4. The first-order chi connectivity index (χ1) is 36.3. The van der Waals surface area contributed by atoms with E-state index in [-0.39, 0.29) is 0 Å². The summed E-state index contributed by atoms with van der Waals surface area (Å²) in [6.07, 6.45) is 28.8. The largest absolute Gasteiger partial charge is 0.365 e. The predicted molar refractivity (Wildman–Crippen MR) is 295 cm³/mol. The van der Waals surface area contributed by atoms with Crippen molar-refractivity contribution in [2.24, 2.45) is 7.05 Å². The number of nitrogens with zero attached hydrogens (tertiary/aromatic N) is 18. The molecular formula is C56H70N18. The lowest BCUT2D eigenvalue weighted by atomic mass is 10.1. The molecule has 0 unspecified atom stereocenters. The molecule has 1 aromatic carbocycles. The van der Waals surface area contributed by atoms with Crippen molar-refractivity contribution in [3.05, 3.63) is 146 Å². The summed E-state index contributed by atoms with van der Waals surface area (Å²) in [7, 11) is 6.08. The van der Waals surface area contributed by atoms with Gasteiger partial charge >= 0.3 is 0 Å². The second-order valence-corrected chi connectivity index (χ2v) is 19.5. The molecule has 3 fully saturated rings. The second-order valence-electron chi connectivity index (χ2n) is 19.5. The van der Waals surface area contributed by atoms with Gasteiger partial charge in [0.15, 0.2) is 0 Å². The minimum Gasteiger partial charge on any atom is -0.365 e. The van der Waals surface area contributed by atoms with Crippen LogP contribution in [0.25, 0.3) is 33.3 Å². The molecule has 3 aliphatic rings. The number of piperidine rings is 1. The summed E-state index contributed by atoms with van der Waals surface area (Å²) in [5, 5.41) is 18.1. The fourth-order valence-electron chi connectivity index (χ4n) is 9.98. The van der Waals surface area contributed by atoms with Crippen molar-refractivity contribution in [3.63, 3.8) is 0 Å². The highest BCUT2D eigenvalue weighted by atomic mass is 15.4. The van der Waals surface area contributed by atoms with Crippen LogP contribution in [0.15, 0.2) is 129 Å². The van der Waals surface area contributed by atoms with E-state index in [4.69, 9.17) is 9.97 Å². The standard InChI is InChI=1S/C29H33N9.C25H31N9.C2H6/c1-34(2)10-15-37-21-26(19-32-37)25-8-9-27-28(20-33-38(27)22-25)35-11-13-36(14-12-35)29-30-17-24(18-31-29)16-23-6-4-3-5-7-23;1-30-18-22(15-28-30)21-5-6-23-24(16-29-34(23)19-21)32-9-11-33(12-10-32)25-26-13-20(14-27-25)17-31-7-3-2-4-8-31;1-2/h3-9,17-22H,10-16H2,1-2H3;5-6,13-16,18-19H,2-4,7-12,17H2,1H3;1-2H3. The van der Waals surface area contributed by atoms with Gasteiger partial charge in [0.1, 0.15) is 0 Å². The number of aromatic nitrogens is 12. The number of aryl methyl sites for hydroxylation is 1. The molecule has 18 heteroatoms. The SMILES string of the molecule is CC.CN(C)CCn1cc(-c2ccc3c(N4CCN(c5ncc(Cc6ccccc6)cn5)CC4)cnn3c2)cn1.Cn1cc(-c2ccc3c(N4CCN(c5ncc(CN6CCCCC6)cn5)CC4)cnn3c2)cn1. The maximum atomic E-state index is 4.69. The number of pyridine rings is 2. The molecule has 0 amide bonds. The summed E-state index contributed by atoms with van der Waals surface area (Å²) in [6.45, 7) is 16.4. The highest BCUT2D eigenvalue weighted by molar-refractivity contribution is 5.77. The summed E-state index contributed by atoms with van der Waals surface area (Å²) >= 11 is 0. The Morgan fingerprint density at radius 3 is 1.50 bits per heavy atom. The molecule has 384 valence electrons. The van der Waals surface area contributed by atoms with Gasteiger partial charge in [-0.15, -0.1) is 0 Å². The minimum atomic E-state index is 0.803. The smallest absolute Gasteiger partial charge is 0.225 e. The maximum Gasteiger partial charge on any atom is 0.225 e. The van der Waals surface area contributed by atoms with Crippen LogP contribution in [0.5, 0.6) is 0 Å². The van der Waals surface area contributed by atoms with Gasteiger partial charge in [-0.3, -0.25) is 14.3 Å². The third kappa shape index (κ3) is 11.9. The Hall–Kier alpha value is -7.70. The van der Waals surface area contributed by atoms with Crippen molar-refractivity contribution >= 4 is 34.3 Å². The molecule has 0 spiro atoms. The topological polar surface area (TPSA) is 141 Å². The third-order valence-corrected chi connectivity index (χ3v) is 14.1. The lowest BCUT2D eigenvalue weighted by Gasteiger charge is -2.35. The molecule has 11 heterocycles. The van der Waals surface area contributed by atoms with E-state index in [1.165, 1.54) is 49.2 Å². The van der Waals surface area contributed by atoms with Crippen LogP contribution in [0.3, 0.4) is 0 Å². The van der Waals surface area contributed by atoms with Crippen LogP contribution < -0.4 is 19.6 Å². The molecule has 18 nitrogen and oxygen atoms in total. The first kappa shape index (κ1) is 49.9. The highest BCUT2D eigenvalue weighted by Gasteiger charge is 2.24. The van der Waals surface area contributed by atoms with Gasteiger partial charge in [0.2, 0.25) is 11.9 Å². The van der Waals surface area contributed by atoms with Crippen LogP contribution in [0, 0.1) is 0 Å². The highest BCUT2D eigenvalue weighted by Crippen LogP contribution is 2.29. The zero-order valence-corrected chi connectivity index (χ0v) is 43.7. The van der Waals surface area contributed by atoms with E-state index in [0.29, 0.717) is 0 Å². The van der Waals surface area contributed by atoms with Gasteiger partial charge in [0.05, 0.1) is 53.7 Å². The van der Waals surface area contributed by atoms with Crippen LogP contribution in [0.2, 0.25) is 0 Å². The van der Waals surface area contributed by atoms with Crippen molar-refractivity contribution < 1.29 is 0 Å². The van der Waals surface area contributed by atoms with Crippen molar-refractivity contribution in [1.29, 1.82) is 0 Å². The lowest BCUT2D eigenvalue weighted by molar-refractivity contribution is 0.220. The average Bonchev–Trinajstić information content (AvgIpc) is 4.29. The van der Waals surface area contributed by atoms with E-state index in [1.807, 2.05) is 101 Å². The first-order valence-electron chi connectivity index (χ1n) is 26.3. The summed E-state index contributed by atoms with van der Waals surface area (Å²) in [6, 6.07) is 19.1. The van der Waals surface area contributed by atoms with Crippen LogP contribution in [0.1, 0.15) is 49.8 Å². The molecule has 0 bridgehead atoms. The molecule has 0 radical (unpaired) electrons. The molecule has 74 heavy (non-hydrogen) atoms. The normalized spacial score (nSPS) is 15.4. The molecular weight excluding hydrogens is 925 g/mol. The number of likely N-dealkylation sites (tertiary alicyclic amines) is 1. The average molecular weight is 995 g/mol. The third-order valence-electron chi connectivity index (χ3n) is 14.1. The monoisotopic (exact) mass is 995 g/mol. The molecule has 0 aliphatic carbocycles. The molecule has 12 rings (SSSR count). The predicted octanol–water partition coefficient (Wildman–Crippen LogP) is 7.33. The van der Waals surface area contributed by atoms with Crippen LogP contribution in [-0.2, 0) is 26.6 Å². The van der Waals surface area contributed by atoms with Gasteiger partial charge in [-0.2, -0.15) is 20.4 Å². The number of anilines is 4. The Morgan fingerprint density at radius 1 is 0.459 bits per heavy atom. The van der Waals surface area contributed by atoms with Gasteiger partial charge in [0.25, 0.3) is 0 Å². The zero-order chi connectivity index (χ0) is 50.8. The number of fused-ring (bicyclic) bond motifs is 2. The number of benzene rings is 1. The zero-order valence-electron chi connectivity index (χ0n) is 43.7. The van der Waals surface area contributed by atoms with Crippen LogP contribution in [0.4, 0.5) is 23.3 Å². The van der Waals surface area contributed by atoms with E-state index in [9.17, 15) is 0 Å². The van der Waals surface area contributed by atoms with E-state index in [1.54, 1.807) is 0 Å². The van der Waals surface area contributed by atoms with E-state index in [0.717, 1.165) is 135 Å². The molecule has 0 saturated carbocycles. The number of hydrogen-bond donors (Lipinski definition) is 0. The van der Waals surface area contributed by atoms with E-state index >= 15 is 0 Å². The van der Waals surface area contributed by atoms with Gasteiger partial charge in [-0.05, 0) is 63.3 Å². The Kier molecular flexibility index (Phi) is 15.8. The van der Waals surface area contributed by atoms with Crippen molar-refractivity contribution in [3.8, 4) is 22.3 Å². The summed E-state index contributed by atoms with van der Waals surface area (Å²) < 4.78 is 7.75. The Morgan fingerprint density at radius 2 is 0.973 bits per heavy atom. The van der Waals surface area contributed by atoms with Crippen molar-refractivity contribution in [2.45, 2.75) is 52.6 Å². The van der Waals surface area contributed by atoms with Gasteiger partial charge in [0, 0.05) is 156 Å². The fraction of sp³-hybridized carbons (Fsp3) is 0.393. The minimum absolute atomic E-state index is 0.803. The Balaban J connectivity index is 0.000000165. The van der Waals surface area contributed by atoms with Crippen molar-refractivity contribution in [1.82, 2.24) is 68.5 Å². The van der Waals surface area contributed by atoms with Crippen molar-refractivity contribution in [2.75, 3.05) is 106 Å². The van der Waals surface area contributed by atoms with Gasteiger partial charge in [-0.25, -0.2) is 29.0 Å². The molecule has 3 aliphatic heterocycles. The summed E-state index contributed by atoms with van der Waals surface area (Å²) in [5.74, 6) is 1.64. The van der Waals surface area contributed by atoms with Gasteiger partial charge in [-0.1, -0.05) is 62.7 Å². The molecule has 8 aromatic heterocycles. The Bertz CT molecular complexity index is 3150.